The highest BCUT2D eigenvalue weighted by Crippen LogP contribution is 2.24. The SMILES string of the molecule is COc1ccc([C@@H](NC(=S)NCCN(C)C)c2ccccc2)cc1. The zero-order valence-electron chi connectivity index (χ0n) is 14.5. The van der Waals surface area contributed by atoms with Crippen LogP contribution in [0.1, 0.15) is 17.2 Å². The molecular formula is C19H25N3OS. The van der Waals surface area contributed by atoms with Crippen LogP contribution in [0.25, 0.3) is 0 Å². The van der Waals surface area contributed by atoms with Crippen molar-refractivity contribution in [2.75, 3.05) is 34.3 Å². The van der Waals surface area contributed by atoms with Crippen molar-refractivity contribution in [1.82, 2.24) is 15.5 Å². The minimum Gasteiger partial charge on any atom is -0.497 e. The number of hydrogen-bond acceptors (Lipinski definition) is 3. The summed E-state index contributed by atoms with van der Waals surface area (Å²) in [4.78, 5) is 2.12. The third kappa shape index (κ3) is 5.51. The van der Waals surface area contributed by atoms with Gasteiger partial charge < -0.3 is 20.3 Å². The van der Waals surface area contributed by atoms with Gasteiger partial charge in [-0.15, -0.1) is 0 Å². The van der Waals surface area contributed by atoms with Gasteiger partial charge in [-0.25, -0.2) is 0 Å². The molecule has 0 saturated carbocycles. The zero-order chi connectivity index (χ0) is 17.4. The van der Waals surface area contributed by atoms with Gasteiger partial charge in [-0.3, -0.25) is 0 Å². The second-order valence-corrected chi connectivity index (χ2v) is 6.23. The maximum absolute atomic E-state index is 5.47. The summed E-state index contributed by atoms with van der Waals surface area (Å²) in [5.74, 6) is 0.845. The summed E-state index contributed by atoms with van der Waals surface area (Å²) < 4.78 is 5.25. The van der Waals surface area contributed by atoms with Gasteiger partial charge in [-0.2, -0.15) is 0 Å². The Bertz CT molecular complexity index is 629. The van der Waals surface area contributed by atoms with Gasteiger partial charge in [0.1, 0.15) is 5.75 Å². The molecule has 0 bridgehead atoms. The van der Waals surface area contributed by atoms with Crippen LogP contribution in [0.4, 0.5) is 0 Å². The smallest absolute Gasteiger partial charge is 0.167 e. The van der Waals surface area contributed by atoms with Gasteiger partial charge in [0.25, 0.3) is 0 Å². The molecule has 0 fully saturated rings. The van der Waals surface area contributed by atoms with Gasteiger partial charge in [-0.05, 0) is 49.6 Å². The van der Waals surface area contributed by atoms with Gasteiger partial charge in [-0.1, -0.05) is 42.5 Å². The molecule has 5 heteroatoms. The second kappa shape index (κ2) is 9.25. The summed E-state index contributed by atoms with van der Waals surface area (Å²) in [6.07, 6.45) is 0. The molecule has 128 valence electrons. The Morgan fingerprint density at radius 1 is 1.04 bits per heavy atom. The fourth-order valence-corrected chi connectivity index (χ4v) is 2.60. The first-order valence-electron chi connectivity index (χ1n) is 7.98. The molecule has 0 heterocycles. The fourth-order valence-electron chi connectivity index (χ4n) is 2.38. The van der Waals surface area contributed by atoms with Crippen LogP contribution in [0.5, 0.6) is 5.75 Å². The number of hydrogen-bond donors (Lipinski definition) is 2. The van der Waals surface area contributed by atoms with Crippen molar-refractivity contribution in [1.29, 1.82) is 0 Å². The molecule has 0 aliphatic heterocycles. The molecule has 0 saturated heterocycles. The second-order valence-electron chi connectivity index (χ2n) is 5.82. The Balaban J connectivity index is 2.12. The van der Waals surface area contributed by atoms with Crippen LogP contribution in [0.2, 0.25) is 0 Å². The first-order chi connectivity index (χ1) is 11.6. The van der Waals surface area contributed by atoms with Gasteiger partial charge in [0.15, 0.2) is 5.11 Å². The summed E-state index contributed by atoms with van der Waals surface area (Å²) in [5, 5.41) is 7.34. The number of nitrogens with one attached hydrogen (secondary N) is 2. The minimum atomic E-state index is -0.00328. The quantitative estimate of drug-likeness (QED) is 0.756. The lowest BCUT2D eigenvalue weighted by Crippen LogP contribution is -2.40. The van der Waals surface area contributed by atoms with E-state index in [-0.39, 0.29) is 6.04 Å². The standard InChI is InChI=1S/C19H25N3OS/c1-22(2)14-13-20-19(24)21-18(15-7-5-4-6-8-15)16-9-11-17(23-3)12-10-16/h4-12,18H,13-14H2,1-3H3,(H2,20,21,24)/t18-/m0/s1. The molecule has 1 atom stereocenters. The summed E-state index contributed by atoms with van der Waals surface area (Å²) in [6, 6.07) is 18.3. The van der Waals surface area contributed by atoms with Crippen molar-refractivity contribution >= 4 is 17.3 Å². The largest absolute Gasteiger partial charge is 0.497 e. The molecule has 2 aromatic rings. The van der Waals surface area contributed by atoms with Crippen LogP contribution >= 0.6 is 12.2 Å². The predicted molar refractivity (Wildman–Crippen MR) is 104 cm³/mol. The van der Waals surface area contributed by atoms with Gasteiger partial charge in [0, 0.05) is 13.1 Å². The molecule has 2 rings (SSSR count). The lowest BCUT2D eigenvalue weighted by atomic mass is 9.99. The van der Waals surface area contributed by atoms with Crippen molar-refractivity contribution in [3.63, 3.8) is 0 Å². The minimum absolute atomic E-state index is 0.00328. The number of rotatable bonds is 7. The average Bonchev–Trinajstić information content (AvgIpc) is 2.60. The Hall–Kier alpha value is -2.11. The molecule has 2 aromatic carbocycles. The predicted octanol–water partition coefficient (Wildman–Crippen LogP) is 2.81. The van der Waals surface area contributed by atoms with Crippen molar-refractivity contribution in [3.8, 4) is 5.75 Å². The van der Waals surface area contributed by atoms with Gasteiger partial charge in [0.2, 0.25) is 0 Å². The van der Waals surface area contributed by atoms with Crippen LogP contribution in [0, 0.1) is 0 Å². The Labute approximate surface area is 149 Å². The third-order valence-corrected chi connectivity index (χ3v) is 3.96. The summed E-state index contributed by atoms with van der Waals surface area (Å²) in [6.45, 7) is 1.74. The van der Waals surface area contributed by atoms with E-state index in [4.69, 9.17) is 17.0 Å². The monoisotopic (exact) mass is 343 g/mol. The van der Waals surface area contributed by atoms with Crippen molar-refractivity contribution in [3.05, 3.63) is 65.7 Å². The topological polar surface area (TPSA) is 36.5 Å². The van der Waals surface area contributed by atoms with Crippen LogP contribution in [0.15, 0.2) is 54.6 Å². The van der Waals surface area contributed by atoms with E-state index < -0.39 is 0 Å². The Kier molecular flexibility index (Phi) is 7.03. The van der Waals surface area contributed by atoms with Crippen LogP contribution < -0.4 is 15.4 Å². The van der Waals surface area contributed by atoms with Crippen LogP contribution in [-0.4, -0.2) is 44.3 Å². The zero-order valence-corrected chi connectivity index (χ0v) is 15.3. The molecule has 0 aliphatic carbocycles. The first kappa shape index (κ1) is 18.2. The van der Waals surface area contributed by atoms with Crippen LogP contribution in [0.3, 0.4) is 0 Å². The maximum atomic E-state index is 5.47. The highest BCUT2D eigenvalue weighted by molar-refractivity contribution is 7.80. The lowest BCUT2D eigenvalue weighted by Gasteiger charge is -2.22. The van der Waals surface area contributed by atoms with Crippen molar-refractivity contribution < 1.29 is 4.74 Å². The van der Waals surface area contributed by atoms with E-state index in [0.29, 0.717) is 5.11 Å². The highest BCUT2D eigenvalue weighted by Gasteiger charge is 2.15. The van der Waals surface area contributed by atoms with E-state index in [1.165, 1.54) is 5.56 Å². The van der Waals surface area contributed by atoms with E-state index in [2.05, 4.69) is 39.8 Å². The van der Waals surface area contributed by atoms with E-state index in [1.54, 1.807) is 7.11 Å². The number of thiocarbonyl (C=S) groups is 1. The molecule has 24 heavy (non-hydrogen) atoms. The van der Waals surface area contributed by atoms with Crippen molar-refractivity contribution in [2.24, 2.45) is 0 Å². The first-order valence-corrected chi connectivity index (χ1v) is 8.39. The fraction of sp³-hybridized carbons (Fsp3) is 0.316. The third-order valence-electron chi connectivity index (χ3n) is 3.70. The molecule has 4 nitrogen and oxygen atoms in total. The molecule has 0 radical (unpaired) electrons. The molecule has 0 spiro atoms. The molecule has 0 aliphatic rings. The summed E-state index contributed by atoms with van der Waals surface area (Å²) in [7, 11) is 5.76. The van der Waals surface area contributed by atoms with Crippen molar-refractivity contribution in [2.45, 2.75) is 6.04 Å². The summed E-state index contributed by atoms with van der Waals surface area (Å²) in [5.41, 5.74) is 2.30. The highest BCUT2D eigenvalue weighted by atomic mass is 32.1. The van der Waals surface area contributed by atoms with E-state index in [9.17, 15) is 0 Å². The summed E-state index contributed by atoms with van der Waals surface area (Å²) >= 11 is 5.47. The van der Waals surface area contributed by atoms with E-state index >= 15 is 0 Å². The number of likely N-dealkylation sites (N-methyl/N-ethyl adjacent to an activating group) is 1. The maximum Gasteiger partial charge on any atom is 0.167 e. The molecule has 0 amide bonds. The number of methoxy groups -OCH3 is 1. The number of ether oxygens (including phenoxy) is 1. The van der Waals surface area contributed by atoms with E-state index in [0.717, 1.165) is 24.4 Å². The van der Waals surface area contributed by atoms with Gasteiger partial charge >= 0.3 is 0 Å². The number of benzene rings is 2. The molecule has 0 aromatic heterocycles. The van der Waals surface area contributed by atoms with Gasteiger partial charge in [0.05, 0.1) is 13.2 Å². The Morgan fingerprint density at radius 2 is 1.67 bits per heavy atom. The average molecular weight is 343 g/mol. The van der Waals surface area contributed by atoms with E-state index in [1.807, 2.05) is 44.4 Å². The number of nitrogens with zero attached hydrogens (tertiary/aromatic N) is 1. The Morgan fingerprint density at radius 3 is 2.25 bits per heavy atom. The molecular weight excluding hydrogens is 318 g/mol. The molecule has 0 unspecified atom stereocenters. The normalized spacial score (nSPS) is 11.8. The molecule has 2 N–H and O–H groups in total. The lowest BCUT2D eigenvalue weighted by molar-refractivity contribution is 0.412. The van der Waals surface area contributed by atoms with Crippen LogP contribution in [-0.2, 0) is 0 Å².